The Bertz CT molecular complexity index is 2910. The summed E-state index contributed by atoms with van der Waals surface area (Å²) < 4.78 is 2.32. The van der Waals surface area contributed by atoms with Gasteiger partial charge < -0.3 is 0 Å². The van der Waals surface area contributed by atoms with Gasteiger partial charge in [0.1, 0.15) is 5.82 Å². The minimum absolute atomic E-state index is 0.907. The second-order valence-corrected chi connectivity index (χ2v) is 13.9. The van der Waals surface area contributed by atoms with E-state index in [1.54, 1.807) is 0 Å². The van der Waals surface area contributed by atoms with Crippen molar-refractivity contribution >= 4 is 21.5 Å². The average Bonchev–Trinajstić information content (AvgIpc) is 3.68. The summed E-state index contributed by atoms with van der Waals surface area (Å²) in [7, 11) is 0. The van der Waals surface area contributed by atoms with Gasteiger partial charge in [0, 0.05) is 22.4 Å². The SMILES string of the molecule is c1ccc(-c2nc(-c3ccccc3)n(-c3ccc(-c4ccc5c(-c6ccccc6)c6ccccc6c(-c6ccccc6)c5c4)cc3)c2-c2ccccc2)cc1. The molecule has 0 fully saturated rings. The van der Waals surface area contributed by atoms with Crippen LogP contribution in [0.15, 0.2) is 218 Å². The van der Waals surface area contributed by atoms with Gasteiger partial charge in [0.2, 0.25) is 0 Å². The highest BCUT2D eigenvalue weighted by Gasteiger charge is 2.23. The van der Waals surface area contributed by atoms with Crippen LogP contribution in [0.2, 0.25) is 0 Å². The van der Waals surface area contributed by atoms with Crippen molar-refractivity contribution in [3.63, 3.8) is 0 Å². The Kier molecular flexibility index (Phi) is 8.20. The third-order valence-electron chi connectivity index (χ3n) is 10.6. The summed E-state index contributed by atoms with van der Waals surface area (Å²) in [5.74, 6) is 0.907. The minimum atomic E-state index is 0.907. The molecule has 0 amide bonds. The largest absolute Gasteiger partial charge is 0.292 e. The highest BCUT2D eigenvalue weighted by Crippen LogP contribution is 2.45. The van der Waals surface area contributed by atoms with Gasteiger partial charge in [-0.1, -0.05) is 200 Å². The Morgan fingerprint density at radius 1 is 0.291 bits per heavy atom. The quantitative estimate of drug-likeness (QED) is 0.151. The van der Waals surface area contributed by atoms with Crippen molar-refractivity contribution in [2.24, 2.45) is 0 Å². The van der Waals surface area contributed by atoms with Gasteiger partial charge in [0.05, 0.1) is 11.4 Å². The van der Waals surface area contributed by atoms with Crippen LogP contribution in [0, 0.1) is 0 Å². The second-order valence-electron chi connectivity index (χ2n) is 13.9. The van der Waals surface area contributed by atoms with Crippen molar-refractivity contribution in [1.29, 1.82) is 0 Å². The zero-order valence-corrected chi connectivity index (χ0v) is 30.2. The predicted molar refractivity (Wildman–Crippen MR) is 231 cm³/mol. The molecule has 0 radical (unpaired) electrons. The molecule has 258 valence electrons. The number of fused-ring (bicyclic) bond motifs is 2. The maximum absolute atomic E-state index is 5.38. The van der Waals surface area contributed by atoms with Gasteiger partial charge in [-0.25, -0.2) is 4.98 Å². The summed E-state index contributed by atoms with van der Waals surface area (Å²) in [6.07, 6.45) is 0. The molecule has 1 aromatic heterocycles. The lowest BCUT2D eigenvalue weighted by atomic mass is 9.85. The lowest BCUT2D eigenvalue weighted by Gasteiger charge is -2.19. The van der Waals surface area contributed by atoms with E-state index in [-0.39, 0.29) is 0 Å². The van der Waals surface area contributed by atoms with E-state index in [0.29, 0.717) is 0 Å². The Hall–Kier alpha value is -7.29. The fraction of sp³-hybridized carbons (Fsp3) is 0. The smallest absolute Gasteiger partial charge is 0.145 e. The topological polar surface area (TPSA) is 17.8 Å². The molecule has 0 saturated heterocycles. The highest BCUT2D eigenvalue weighted by atomic mass is 15.1. The first-order chi connectivity index (χ1) is 27.3. The molecule has 0 atom stereocenters. The summed E-state index contributed by atoms with van der Waals surface area (Å²) in [6, 6.07) is 78.1. The molecule has 0 aliphatic rings. The summed E-state index contributed by atoms with van der Waals surface area (Å²) in [4.78, 5) is 5.38. The molecule has 0 bridgehead atoms. The van der Waals surface area contributed by atoms with Crippen molar-refractivity contribution in [2.45, 2.75) is 0 Å². The molecule has 2 heteroatoms. The number of nitrogens with zero attached hydrogens (tertiary/aromatic N) is 2. The van der Waals surface area contributed by atoms with E-state index in [9.17, 15) is 0 Å². The standard InChI is InChI=1S/C53H36N2/c1-6-18-38(19-7-1)49-45-28-16-17-29-46(45)50(39-20-8-2-9-21-39)48-36-43(32-35-47(48)49)37-30-33-44(34-31-37)55-52(41-24-12-4-13-25-41)51(40-22-10-3-11-23-40)54-53(55)42-26-14-5-15-27-42/h1-36H. The summed E-state index contributed by atoms with van der Waals surface area (Å²) in [6.45, 7) is 0. The maximum Gasteiger partial charge on any atom is 0.145 e. The fourth-order valence-electron chi connectivity index (χ4n) is 8.10. The zero-order valence-electron chi connectivity index (χ0n) is 30.2. The fourth-order valence-corrected chi connectivity index (χ4v) is 8.10. The Morgan fingerprint density at radius 3 is 1.25 bits per heavy atom. The van der Waals surface area contributed by atoms with E-state index in [2.05, 4.69) is 223 Å². The summed E-state index contributed by atoms with van der Waals surface area (Å²) in [5.41, 5.74) is 13.6. The number of aromatic nitrogens is 2. The van der Waals surface area contributed by atoms with Gasteiger partial charge in [-0.2, -0.15) is 0 Å². The van der Waals surface area contributed by atoms with Gasteiger partial charge >= 0.3 is 0 Å². The lowest BCUT2D eigenvalue weighted by molar-refractivity contribution is 1.07. The summed E-state index contributed by atoms with van der Waals surface area (Å²) >= 11 is 0. The van der Waals surface area contributed by atoms with E-state index < -0.39 is 0 Å². The molecule has 0 unspecified atom stereocenters. The maximum atomic E-state index is 5.38. The van der Waals surface area contributed by atoms with Gasteiger partial charge in [-0.05, 0) is 73.1 Å². The van der Waals surface area contributed by atoms with Crippen LogP contribution in [-0.4, -0.2) is 9.55 Å². The van der Waals surface area contributed by atoms with E-state index in [4.69, 9.17) is 4.98 Å². The van der Waals surface area contributed by atoms with E-state index in [1.165, 1.54) is 49.4 Å². The molecule has 0 spiro atoms. The molecular weight excluding hydrogens is 665 g/mol. The number of rotatable bonds is 7. The van der Waals surface area contributed by atoms with Crippen LogP contribution in [0.4, 0.5) is 0 Å². The summed E-state index contributed by atoms with van der Waals surface area (Å²) in [5, 5.41) is 5.00. The number of imidazole rings is 1. The van der Waals surface area contributed by atoms with Crippen LogP contribution >= 0.6 is 0 Å². The van der Waals surface area contributed by atoms with Crippen LogP contribution < -0.4 is 0 Å². The van der Waals surface area contributed by atoms with Crippen LogP contribution in [0.25, 0.3) is 94.5 Å². The third-order valence-corrected chi connectivity index (χ3v) is 10.6. The molecule has 0 saturated carbocycles. The van der Waals surface area contributed by atoms with Crippen LogP contribution in [0.1, 0.15) is 0 Å². The number of hydrogen-bond donors (Lipinski definition) is 0. The van der Waals surface area contributed by atoms with E-state index >= 15 is 0 Å². The van der Waals surface area contributed by atoms with Gasteiger partial charge in [0.15, 0.2) is 0 Å². The first kappa shape index (κ1) is 32.4. The van der Waals surface area contributed by atoms with Crippen molar-refractivity contribution in [3.8, 4) is 73.0 Å². The monoisotopic (exact) mass is 700 g/mol. The van der Waals surface area contributed by atoms with Crippen LogP contribution in [-0.2, 0) is 0 Å². The highest BCUT2D eigenvalue weighted by molar-refractivity contribution is 6.22. The van der Waals surface area contributed by atoms with E-state index in [0.717, 1.165) is 45.2 Å². The second kappa shape index (κ2) is 13.9. The molecule has 10 rings (SSSR count). The van der Waals surface area contributed by atoms with Gasteiger partial charge in [-0.15, -0.1) is 0 Å². The molecule has 1 heterocycles. The molecule has 0 aliphatic carbocycles. The van der Waals surface area contributed by atoms with Gasteiger partial charge in [0.25, 0.3) is 0 Å². The molecule has 55 heavy (non-hydrogen) atoms. The Balaban J connectivity index is 1.18. The van der Waals surface area contributed by atoms with Crippen LogP contribution in [0.3, 0.4) is 0 Å². The first-order valence-electron chi connectivity index (χ1n) is 18.8. The van der Waals surface area contributed by atoms with Gasteiger partial charge in [-0.3, -0.25) is 4.57 Å². The number of hydrogen-bond acceptors (Lipinski definition) is 1. The van der Waals surface area contributed by atoms with Crippen molar-refractivity contribution in [3.05, 3.63) is 218 Å². The Labute approximate surface area is 321 Å². The van der Waals surface area contributed by atoms with Crippen LogP contribution in [0.5, 0.6) is 0 Å². The first-order valence-corrected chi connectivity index (χ1v) is 18.8. The third kappa shape index (κ3) is 5.82. The molecule has 9 aromatic carbocycles. The van der Waals surface area contributed by atoms with Crippen molar-refractivity contribution in [1.82, 2.24) is 9.55 Å². The van der Waals surface area contributed by atoms with Crippen molar-refractivity contribution < 1.29 is 0 Å². The zero-order chi connectivity index (χ0) is 36.6. The van der Waals surface area contributed by atoms with E-state index in [1.807, 2.05) is 0 Å². The lowest BCUT2D eigenvalue weighted by Crippen LogP contribution is -2.00. The predicted octanol–water partition coefficient (Wildman–Crippen LogP) is 14.2. The van der Waals surface area contributed by atoms with Crippen molar-refractivity contribution in [2.75, 3.05) is 0 Å². The normalized spacial score (nSPS) is 11.3. The molecular formula is C53H36N2. The average molecular weight is 701 g/mol. The number of benzene rings is 9. The molecule has 2 nitrogen and oxygen atoms in total. The molecule has 10 aromatic rings. The minimum Gasteiger partial charge on any atom is -0.292 e. The Morgan fingerprint density at radius 2 is 0.709 bits per heavy atom. The molecule has 0 aliphatic heterocycles. The molecule has 0 N–H and O–H groups in total.